The largest absolute Gasteiger partial charge is 0.392 e. The molecule has 146 valence electrons. The van der Waals surface area contributed by atoms with Crippen molar-refractivity contribution in [2.24, 2.45) is 0 Å². The number of likely N-dealkylation sites (N-methyl/N-ethyl adjacent to an activating group) is 1. The molecule has 0 bridgehead atoms. The van der Waals surface area contributed by atoms with Gasteiger partial charge in [-0.05, 0) is 18.4 Å². The van der Waals surface area contributed by atoms with Gasteiger partial charge >= 0.3 is 0 Å². The Bertz CT molecular complexity index is 904. The fourth-order valence-electron chi connectivity index (χ4n) is 3.04. The van der Waals surface area contributed by atoms with Crippen LogP contribution in [0.4, 0.5) is 0 Å². The number of hydrogen-bond acceptors (Lipinski definition) is 6. The molecule has 1 aliphatic heterocycles. The van der Waals surface area contributed by atoms with Crippen LogP contribution in [0.5, 0.6) is 0 Å². The number of carbonyl (C=O) groups excluding carboxylic acids is 2. The maximum Gasteiger partial charge on any atom is 0.289 e. The van der Waals surface area contributed by atoms with Crippen LogP contribution in [0.25, 0.3) is 0 Å². The van der Waals surface area contributed by atoms with E-state index >= 15 is 0 Å². The minimum Gasteiger partial charge on any atom is -0.392 e. The van der Waals surface area contributed by atoms with E-state index in [-0.39, 0.29) is 11.7 Å². The van der Waals surface area contributed by atoms with Crippen molar-refractivity contribution in [3.8, 4) is 0 Å². The van der Waals surface area contributed by atoms with Gasteiger partial charge in [-0.25, -0.2) is 0 Å². The van der Waals surface area contributed by atoms with E-state index in [2.05, 4.69) is 25.8 Å². The van der Waals surface area contributed by atoms with E-state index < -0.39 is 11.9 Å². The quantitative estimate of drug-likeness (QED) is 0.610. The second-order valence-electron chi connectivity index (χ2n) is 6.54. The van der Waals surface area contributed by atoms with Crippen molar-refractivity contribution in [1.82, 2.24) is 30.7 Å². The lowest BCUT2D eigenvalue weighted by Crippen LogP contribution is -2.46. The lowest BCUT2D eigenvalue weighted by atomic mass is 10.1. The summed E-state index contributed by atoms with van der Waals surface area (Å²) < 4.78 is 0. The topological polar surface area (TPSA) is 127 Å². The first-order chi connectivity index (χ1) is 13.5. The Hall–Kier alpha value is -3.49. The van der Waals surface area contributed by atoms with Crippen molar-refractivity contribution in [3.05, 3.63) is 59.4 Å². The number of nitrogens with one attached hydrogen (secondary N) is 4. The molecule has 0 radical (unpaired) electrons. The Balaban J connectivity index is 1.68. The summed E-state index contributed by atoms with van der Waals surface area (Å²) in [6, 6.07) is 8.99. The fraction of sp³-hybridized carbons (Fsp3) is 0.316. The minimum absolute atomic E-state index is 0.0618. The van der Waals surface area contributed by atoms with E-state index in [1.807, 2.05) is 30.3 Å². The summed E-state index contributed by atoms with van der Waals surface area (Å²) >= 11 is 0. The molecule has 9 heteroatoms. The highest BCUT2D eigenvalue weighted by atomic mass is 16.2. The molecule has 4 N–H and O–H groups in total. The maximum absolute atomic E-state index is 12.7. The second-order valence-corrected chi connectivity index (χ2v) is 6.54. The first-order valence-electron chi connectivity index (χ1n) is 8.98. The molecule has 9 nitrogen and oxygen atoms in total. The van der Waals surface area contributed by atoms with Crippen LogP contribution >= 0.6 is 0 Å². The zero-order valence-corrected chi connectivity index (χ0v) is 15.8. The van der Waals surface area contributed by atoms with Crippen molar-refractivity contribution in [1.29, 1.82) is 5.41 Å². The summed E-state index contributed by atoms with van der Waals surface area (Å²) in [5, 5.41) is 21.6. The molecule has 1 aromatic heterocycles. The van der Waals surface area contributed by atoms with Gasteiger partial charge in [-0.3, -0.25) is 9.59 Å². The molecule has 1 aromatic carbocycles. The Kier molecular flexibility index (Phi) is 5.83. The molecular formula is C19H23N7O2. The van der Waals surface area contributed by atoms with Crippen molar-refractivity contribution < 1.29 is 9.59 Å². The van der Waals surface area contributed by atoms with Crippen molar-refractivity contribution in [2.45, 2.75) is 25.3 Å². The fourth-order valence-corrected chi connectivity index (χ4v) is 3.04. The number of aromatic nitrogens is 3. The monoisotopic (exact) mass is 381 g/mol. The third-order valence-corrected chi connectivity index (χ3v) is 4.53. The minimum atomic E-state index is -0.733. The van der Waals surface area contributed by atoms with E-state index in [0.29, 0.717) is 36.5 Å². The molecule has 2 amide bonds. The smallest absolute Gasteiger partial charge is 0.289 e. The number of nitrogens with zero attached hydrogens (tertiary/aromatic N) is 3. The normalized spacial score (nSPS) is 18.9. The molecule has 2 aromatic rings. The van der Waals surface area contributed by atoms with E-state index in [4.69, 9.17) is 5.41 Å². The SMILES string of the molecule is CN/C=C1\C(=N)CCC(NC(=O)c2nnc(Cc3ccccc3)[nH]2)C(=O)N1C. The van der Waals surface area contributed by atoms with Gasteiger partial charge in [0.2, 0.25) is 11.7 Å². The van der Waals surface area contributed by atoms with E-state index in [9.17, 15) is 9.59 Å². The first kappa shape index (κ1) is 19.3. The van der Waals surface area contributed by atoms with E-state index in [0.717, 1.165) is 5.56 Å². The molecule has 0 spiro atoms. The van der Waals surface area contributed by atoms with Crippen LogP contribution in [-0.4, -0.2) is 57.7 Å². The van der Waals surface area contributed by atoms with Crippen LogP contribution in [0.3, 0.4) is 0 Å². The predicted octanol–water partition coefficient (Wildman–Crippen LogP) is 0.827. The number of likely N-dealkylation sites (tertiary alicyclic amines) is 1. The van der Waals surface area contributed by atoms with Gasteiger partial charge in [0.05, 0.1) is 11.4 Å². The number of amides is 2. The number of benzene rings is 1. The van der Waals surface area contributed by atoms with Crippen molar-refractivity contribution >= 4 is 17.5 Å². The van der Waals surface area contributed by atoms with Gasteiger partial charge < -0.3 is 25.9 Å². The highest BCUT2D eigenvalue weighted by Crippen LogP contribution is 2.17. The molecule has 0 aliphatic carbocycles. The number of carbonyl (C=O) groups is 2. The summed E-state index contributed by atoms with van der Waals surface area (Å²) in [4.78, 5) is 29.5. The van der Waals surface area contributed by atoms with Crippen LogP contribution in [0.2, 0.25) is 0 Å². The Labute approximate surface area is 162 Å². The summed E-state index contributed by atoms with van der Waals surface area (Å²) in [5.41, 5.74) is 1.88. The van der Waals surface area contributed by atoms with Crippen LogP contribution < -0.4 is 10.6 Å². The zero-order valence-electron chi connectivity index (χ0n) is 15.8. The Morgan fingerprint density at radius 2 is 2.11 bits per heavy atom. The van der Waals surface area contributed by atoms with Crippen molar-refractivity contribution in [3.63, 3.8) is 0 Å². The van der Waals surface area contributed by atoms with Gasteiger partial charge in [0.1, 0.15) is 11.9 Å². The second kappa shape index (κ2) is 8.47. The summed E-state index contributed by atoms with van der Waals surface area (Å²) in [7, 11) is 3.30. The molecule has 1 aliphatic rings. The summed E-state index contributed by atoms with van der Waals surface area (Å²) in [6.07, 6.45) is 2.86. The molecular weight excluding hydrogens is 358 g/mol. The number of allylic oxidation sites excluding steroid dienone is 1. The molecule has 1 saturated heterocycles. The summed E-state index contributed by atoms with van der Waals surface area (Å²) in [6.45, 7) is 0. The Morgan fingerprint density at radius 1 is 1.36 bits per heavy atom. The molecule has 0 saturated carbocycles. The highest BCUT2D eigenvalue weighted by molar-refractivity contribution is 6.04. The number of hydrogen-bond donors (Lipinski definition) is 4. The predicted molar refractivity (Wildman–Crippen MR) is 104 cm³/mol. The molecule has 1 unspecified atom stereocenters. The van der Waals surface area contributed by atoms with Gasteiger partial charge in [0.15, 0.2) is 0 Å². The number of rotatable bonds is 5. The molecule has 2 heterocycles. The molecule has 1 fully saturated rings. The van der Waals surface area contributed by atoms with Crippen LogP contribution in [0.15, 0.2) is 42.2 Å². The van der Waals surface area contributed by atoms with Gasteiger partial charge in [-0.15, -0.1) is 10.2 Å². The average molecular weight is 381 g/mol. The number of aromatic amines is 1. The van der Waals surface area contributed by atoms with Gasteiger partial charge in [-0.1, -0.05) is 30.3 Å². The lowest BCUT2D eigenvalue weighted by Gasteiger charge is -2.22. The maximum atomic E-state index is 12.7. The van der Waals surface area contributed by atoms with Gasteiger partial charge in [-0.2, -0.15) is 0 Å². The van der Waals surface area contributed by atoms with Gasteiger partial charge in [0, 0.05) is 26.7 Å². The highest BCUT2D eigenvalue weighted by Gasteiger charge is 2.31. The first-order valence-corrected chi connectivity index (χ1v) is 8.98. The van der Waals surface area contributed by atoms with Crippen LogP contribution in [0.1, 0.15) is 34.8 Å². The van der Waals surface area contributed by atoms with E-state index in [1.165, 1.54) is 4.90 Å². The standard InChI is InChI=1S/C19H23N7O2/c1-21-11-15-13(20)8-9-14(19(28)26(15)2)22-18(27)17-23-16(24-25-17)10-12-6-4-3-5-7-12/h3-7,11,14,20-21H,8-10H2,1-2H3,(H,22,27)(H,23,24,25)/b15-11+,20-13?. The lowest BCUT2D eigenvalue weighted by molar-refractivity contribution is -0.129. The van der Waals surface area contributed by atoms with Gasteiger partial charge in [0.25, 0.3) is 5.91 Å². The third-order valence-electron chi connectivity index (χ3n) is 4.53. The van der Waals surface area contributed by atoms with Crippen LogP contribution in [0, 0.1) is 5.41 Å². The molecule has 1 atom stereocenters. The van der Waals surface area contributed by atoms with E-state index in [1.54, 1.807) is 20.3 Å². The van der Waals surface area contributed by atoms with Crippen molar-refractivity contribution in [2.75, 3.05) is 14.1 Å². The van der Waals surface area contributed by atoms with Crippen LogP contribution in [-0.2, 0) is 11.2 Å². The summed E-state index contributed by atoms with van der Waals surface area (Å²) in [5.74, 6) is -0.138. The Morgan fingerprint density at radius 3 is 2.82 bits per heavy atom. The molecule has 28 heavy (non-hydrogen) atoms. The third kappa shape index (κ3) is 4.25. The zero-order chi connectivity index (χ0) is 20.1. The average Bonchev–Trinajstić information content (AvgIpc) is 3.13. The molecule has 3 rings (SSSR count). The number of H-pyrrole nitrogens is 1.